The number of nitrogens with zero attached hydrogens (tertiary/aromatic N) is 25. The van der Waals surface area contributed by atoms with Crippen LogP contribution in [0.5, 0.6) is 0 Å². The summed E-state index contributed by atoms with van der Waals surface area (Å²) in [7, 11) is 9.88. The molecule has 0 aliphatic rings. The van der Waals surface area contributed by atoms with Crippen LogP contribution < -0.4 is 0 Å². The minimum atomic E-state index is 0.623. The van der Waals surface area contributed by atoms with Crippen LogP contribution in [-0.4, -0.2) is 124 Å². The summed E-state index contributed by atoms with van der Waals surface area (Å²) >= 11 is 4.51. The van der Waals surface area contributed by atoms with E-state index in [2.05, 4.69) is 193 Å². The first-order valence-electron chi connectivity index (χ1n) is 29.3. The summed E-state index contributed by atoms with van der Waals surface area (Å²) in [5, 5.41) is 52.3. The van der Waals surface area contributed by atoms with E-state index in [9.17, 15) is 0 Å². The molecule has 0 radical (unpaired) electrons. The molecule has 0 N–H and O–H groups in total. The number of hydrogen-bond acceptors (Lipinski definition) is 27. The SMILES string of the molecule is Cc1c(C)c(C)n(C)c1C.Cc1c(C)c(C)n(C)c1C.Cc1nc(C)n(C)n1.Cc1nnc(C)o1.Cc1nnc(C)s1.Cc1nnn(C)c1C.Cc1nnn(C)c1C.Cc1noc(C)n1.Cc1noc(C)n1.Cc1nonc1C.Cc1nsc(C)n1.Cc1nsc(C)n1. The summed E-state index contributed by atoms with van der Waals surface area (Å²) in [4.78, 5) is 19.8. The Kier molecular flexibility index (Phi) is 36.2. The summed E-state index contributed by atoms with van der Waals surface area (Å²) in [6.45, 7) is 55.0. The van der Waals surface area contributed by atoms with Crippen molar-refractivity contribution in [2.24, 2.45) is 35.2 Å². The molecule has 32 heteroatoms. The van der Waals surface area contributed by atoms with E-state index < -0.39 is 0 Å². The van der Waals surface area contributed by atoms with Gasteiger partial charge in [0.15, 0.2) is 11.6 Å². The van der Waals surface area contributed by atoms with Crippen molar-refractivity contribution in [1.82, 2.24) is 124 Å². The topological polar surface area (TPSA) is 335 Å². The van der Waals surface area contributed by atoms with Gasteiger partial charge in [0.25, 0.3) is 0 Å². The summed E-state index contributed by atoms with van der Waals surface area (Å²) < 4.78 is 36.1. The lowest BCUT2D eigenvalue weighted by Gasteiger charge is -1.98. The van der Waals surface area contributed by atoms with Crippen molar-refractivity contribution in [1.29, 1.82) is 0 Å². The van der Waals surface area contributed by atoms with Gasteiger partial charge in [0.2, 0.25) is 23.6 Å². The van der Waals surface area contributed by atoms with Gasteiger partial charge in [-0.05, 0) is 211 Å². The molecule has 12 aromatic rings. The van der Waals surface area contributed by atoms with Crippen LogP contribution >= 0.6 is 34.4 Å². The molecule has 12 aromatic heterocycles. The van der Waals surface area contributed by atoms with Crippen LogP contribution in [-0.2, 0) is 35.2 Å². The van der Waals surface area contributed by atoms with Crippen LogP contribution in [0.2, 0.25) is 0 Å². The van der Waals surface area contributed by atoms with Gasteiger partial charge in [-0.15, -0.1) is 41.9 Å². The molecule has 0 amide bonds. The zero-order chi connectivity index (χ0) is 71.1. The van der Waals surface area contributed by atoms with Gasteiger partial charge in [-0.2, -0.15) is 23.8 Å². The fourth-order valence-electron chi connectivity index (χ4n) is 6.90. The Hall–Kier alpha value is -8.78. The average molecular weight is 1340 g/mol. The van der Waals surface area contributed by atoms with Crippen molar-refractivity contribution < 1.29 is 18.1 Å². The quantitative estimate of drug-likeness (QED) is 0.136. The highest BCUT2D eigenvalue weighted by Crippen LogP contribution is 2.19. The Labute approximate surface area is 560 Å². The van der Waals surface area contributed by atoms with Crippen molar-refractivity contribution in [2.45, 2.75) is 194 Å². The second-order valence-electron chi connectivity index (χ2n) is 21.1. The van der Waals surface area contributed by atoms with Crippen LogP contribution in [0.25, 0.3) is 0 Å². The Balaban J connectivity index is 0.000000508. The lowest BCUT2D eigenvalue weighted by atomic mass is 10.2. The maximum Gasteiger partial charge on any atom is 0.223 e. The van der Waals surface area contributed by atoms with Crippen molar-refractivity contribution in [3.8, 4) is 0 Å². The first kappa shape index (κ1) is 82.2. The molecule has 0 atom stereocenters. The molecular weight excluding hydrogens is 1240 g/mol. The Bertz CT molecular complexity index is 3310. The molecular formula is C61H99N25O4S3. The second kappa shape index (κ2) is 40.9. The maximum absolute atomic E-state index is 4.86. The monoisotopic (exact) mass is 1340 g/mol. The van der Waals surface area contributed by atoms with E-state index in [1.807, 2.05) is 118 Å². The van der Waals surface area contributed by atoms with E-state index in [1.165, 1.54) is 68.1 Å². The summed E-state index contributed by atoms with van der Waals surface area (Å²) in [5.74, 6) is 7.43. The molecule has 0 bridgehead atoms. The highest BCUT2D eigenvalue weighted by Gasteiger charge is 2.08. The molecule has 12 heterocycles. The molecule has 0 aliphatic carbocycles. The van der Waals surface area contributed by atoms with E-state index in [-0.39, 0.29) is 0 Å². The summed E-state index contributed by atoms with van der Waals surface area (Å²) in [6, 6.07) is 0. The van der Waals surface area contributed by atoms with Gasteiger partial charge in [0, 0.05) is 85.7 Å². The second-order valence-corrected chi connectivity index (χ2v) is 24.4. The standard InChI is InChI=1S/2C9H15N.3C5H9N3.4C4H6N2O.3C4H6N2S/c2*1-6-7(2)9(4)10(5)8(6)3;1-4-6-5(2)8(3)7-4;2*1-4-5(2)8(3)7-6-4;1-3-5-6-4(2)7-3;2*1-3-5-4(2)7-6-3;1-3-4(2)6-7-5-3;1-3-5-6-4(2)7-3;2*1-3-5-4(2)7-6-3/h2*1-5H3;3*1-3H3;7*1-2H3. The van der Waals surface area contributed by atoms with Crippen LogP contribution in [0.4, 0.5) is 0 Å². The van der Waals surface area contributed by atoms with Gasteiger partial charge in [0.1, 0.15) is 54.7 Å². The largest absolute Gasteiger partial charge is 0.426 e. The van der Waals surface area contributed by atoms with Crippen LogP contribution in [0.3, 0.4) is 0 Å². The first-order valence-corrected chi connectivity index (χ1v) is 31.7. The van der Waals surface area contributed by atoms with Crippen LogP contribution in [0.1, 0.15) is 158 Å². The Morgan fingerprint density at radius 1 is 0.301 bits per heavy atom. The number of aromatic nitrogens is 25. The van der Waals surface area contributed by atoms with Crippen molar-refractivity contribution in [2.75, 3.05) is 0 Å². The fourth-order valence-corrected chi connectivity index (χ4v) is 8.44. The van der Waals surface area contributed by atoms with Crippen LogP contribution in [0, 0.1) is 194 Å². The maximum atomic E-state index is 4.86. The van der Waals surface area contributed by atoms with Gasteiger partial charge in [0.05, 0.1) is 22.8 Å². The molecule has 0 spiro atoms. The van der Waals surface area contributed by atoms with Gasteiger partial charge in [-0.3, -0.25) is 14.0 Å². The Morgan fingerprint density at radius 3 is 0.731 bits per heavy atom. The Morgan fingerprint density at radius 2 is 0.645 bits per heavy atom. The number of hydrogen-bond donors (Lipinski definition) is 0. The third-order valence-electron chi connectivity index (χ3n) is 13.7. The molecule has 0 saturated carbocycles. The zero-order valence-electron chi connectivity index (χ0n) is 61.0. The van der Waals surface area contributed by atoms with Gasteiger partial charge < -0.3 is 22.6 Å². The third kappa shape index (κ3) is 30.9. The summed E-state index contributed by atoms with van der Waals surface area (Å²) in [6.07, 6.45) is 0. The number of aryl methyl sites for hydroxylation is 21. The molecule has 0 aromatic carbocycles. The summed E-state index contributed by atoms with van der Waals surface area (Å²) in [5.41, 5.74) is 17.3. The molecule has 0 fully saturated rings. The molecule has 0 saturated heterocycles. The normalized spacial score (nSPS) is 9.77. The molecule has 0 aliphatic heterocycles. The lowest BCUT2D eigenvalue weighted by Crippen LogP contribution is -1.92. The van der Waals surface area contributed by atoms with Gasteiger partial charge in [-0.1, -0.05) is 31.1 Å². The molecule has 510 valence electrons. The number of rotatable bonds is 0. The highest BCUT2D eigenvalue weighted by atomic mass is 32.1. The van der Waals surface area contributed by atoms with Gasteiger partial charge >= 0.3 is 0 Å². The van der Waals surface area contributed by atoms with Crippen molar-refractivity contribution >= 4 is 34.4 Å². The van der Waals surface area contributed by atoms with Crippen molar-refractivity contribution in [3.63, 3.8) is 0 Å². The lowest BCUT2D eigenvalue weighted by molar-refractivity contribution is 0.302. The van der Waals surface area contributed by atoms with E-state index in [1.54, 1.807) is 66.9 Å². The molecule has 12 rings (SSSR count). The predicted molar refractivity (Wildman–Crippen MR) is 363 cm³/mol. The molecule has 29 nitrogen and oxygen atoms in total. The van der Waals surface area contributed by atoms with Crippen LogP contribution in [0.15, 0.2) is 18.1 Å². The van der Waals surface area contributed by atoms with E-state index in [4.69, 9.17) is 4.42 Å². The minimum absolute atomic E-state index is 0.623. The van der Waals surface area contributed by atoms with E-state index >= 15 is 0 Å². The minimum Gasteiger partial charge on any atom is -0.426 e. The van der Waals surface area contributed by atoms with E-state index in [0.29, 0.717) is 35.2 Å². The first-order chi connectivity index (χ1) is 43.3. The molecule has 0 unspecified atom stereocenters. The predicted octanol–water partition coefficient (Wildman–Crippen LogP) is 12.0. The molecule has 93 heavy (non-hydrogen) atoms. The smallest absolute Gasteiger partial charge is 0.223 e. The van der Waals surface area contributed by atoms with E-state index in [0.717, 1.165) is 77.5 Å². The average Bonchev–Trinajstić information content (AvgIpc) is 1.76. The van der Waals surface area contributed by atoms with Crippen molar-refractivity contribution in [3.05, 3.63) is 158 Å². The highest BCUT2D eigenvalue weighted by molar-refractivity contribution is 7.11. The van der Waals surface area contributed by atoms with Gasteiger partial charge in [-0.25, -0.2) is 19.6 Å². The zero-order valence-corrected chi connectivity index (χ0v) is 63.5. The third-order valence-corrected chi connectivity index (χ3v) is 15.9. The fraction of sp³-hybridized carbons (Fsp3) is 0.541.